The molecule has 0 N–H and O–H groups in total. The van der Waals surface area contributed by atoms with Gasteiger partial charge in [0.05, 0.1) is 11.3 Å². The third-order valence-corrected chi connectivity index (χ3v) is 5.50. The molecule has 0 spiro atoms. The molecule has 0 aliphatic carbocycles. The highest BCUT2D eigenvalue weighted by Crippen LogP contribution is 2.27. The summed E-state index contributed by atoms with van der Waals surface area (Å²) in [4.78, 5) is 17.5. The lowest BCUT2D eigenvalue weighted by molar-refractivity contribution is 0.00704. The summed E-state index contributed by atoms with van der Waals surface area (Å²) in [5, 5.41) is 0. The molecule has 0 radical (unpaired) electrons. The summed E-state index contributed by atoms with van der Waals surface area (Å²) in [6.45, 7) is 9.88. The van der Waals surface area contributed by atoms with Crippen LogP contribution in [0.25, 0.3) is 16.8 Å². The van der Waals surface area contributed by atoms with Crippen molar-refractivity contribution in [1.82, 2.24) is 9.38 Å². The zero-order chi connectivity index (χ0) is 22.9. The van der Waals surface area contributed by atoms with E-state index in [0.29, 0.717) is 5.56 Å². The molecule has 0 aliphatic rings. The van der Waals surface area contributed by atoms with Crippen molar-refractivity contribution in [2.45, 2.75) is 53.1 Å². The van der Waals surface area contributed by atoms with Gasteiger partial charge in [-0.2, -0.15) is 0 Å². The fraction of sp³-hybridized carbons (Fsp3) is 0.286. The zero-order valence-electron chi connectivity index (χ0n) is 19.5. The lowest BCUT2D eigenvalue weighted by Gasteiger charge is -2.20. The number of benzene rings is 2. The first kappa shape index (κ1) is 21.8. The van der Waals surface area contributed by atoms with Gasteiger partial charge in [0.25, 0.3) is 0 Å². The molecule has 0 amide bonds. The molecule has 4 nitrogen and oxygen atoms in total. The van der Waals surface area contributed by atoms with Crippen molar-refractivity contribution >= 4 is 11.6 Å². The summed E-state index contributed by atoms with van der Waals surface area (Å²) in [6.07, 6.45) is 3.87. The summed E-state index contributed by atoms with van der Waals surface area (Å²) in [6, 6.07) is 20.3. The molecule has 164 valence electrons. The average Bonchev–Trinajstić information content (AvgIpc) is 3.21. The summed E-state index contributed by atoms with van der Waals surface area (Å²) in [5.74, 6) is -0.300. The lowest BCUT2D eigenvalue weighted by atomic mass is 9.97. The number of nitrogens with zero attached hydrogens (tertiary/aromatic N) is 2. The molecular formula is C28H30N2O2. The molecular weight excluding hydrogens is 396 g/mol. The molecule has 2 heterocycles. The van der Waals surface area contributed by atoms with E-state index in [1.807, 2.05) is 45.0 Å². The van der Waals surface area contributed by atoms with Crippen molar-refractivity contribution in [2.75, 3.05) is 0 Å². The molecule has 0 aliphatic heterocycles. The Morgan fingerprint density at radius 3 is 2.41 bits per heavy atom. The molecule has 4 heteroatoms. The third-order valence-electron chi connectivity index (χ3n) is 5.50. The number of imidazole rings is 1. The van der Waals surface area contributed by atoms with E-state index in [4.69, 9.17) is 9.72 Å². The number of pyridine rings is 1. The minimum Gasteiger partial charge on any atom is -0.456 e. The SMILES string of the molecule is CCc1cn2c(Cc3ccc(-c4ccccc4C(=O)OC(C)(C)C)cc3)ccc(C)c2n1. The minimum absolute atomic E-state index is 0.300. The predicted molar refractivity (Wildman–Crippen MR) is 129 cm³/mol. The zero-order valence-corrected chi connectivity index (χ0v) is 19.5. The highest BCUT2D eigenvalue weighted by atomic mass is 16.6. The molecule has 2 aromatic carbocycles. The standard InChI is InChI=1S/C28H30N2O2/c1-6-22-18-30-23(16-11-19(2)26(30)29-22)17-20-12-14-21(15-13-20)24-9-7-8-10-25(24)27(31)32-28(3,4)5/h7-16,18H,6,17H2,1-5H3. The highest BCUT2D eigenvalue weighted by molar-refractivity contribution is 5.97. The molecule has 4 rings (SSSR count). The van der Waals surface area contributed by atoms with Crippen molar-refractivity contribution in [1.29, 1.82) is 0 Å². The van der Waals surface area contributed by atoms with E-state index < -0.39 is 5.60 Å². The molecule has 2 aromatic heterocycles. The Labute approximate surface area is 189 Å². The second-order valence-electron chi connectivity index (χ2n) is 9.21. The van der Waals surface area contributed by atoms with E-state index in [2.05, 4.69) is 60.8 Å². The number of carbonyl (C=O) groups excluding carboxylic acids is 1. The van der Waals surface area contributed by atoms with Gasteiger partial charge in [0.1, 0.15) is 11.2 Å². The number of rotatable bonds is 5. The van der Waals surface area contributed by atoms with Crippen LogP contribution in [0.5, 0.6) is 0 Å². The Morgan fingerprint density at radius 1 is 1.00 bits per heavy atom. The van der Waals surface area contributed by atoms with Gasteiger partial charge in [-0.1, -0.05) is 55.5 Å². The van der Waals surface area contributed by atoms with Gasteiger partial charge in [-0.05, 0) is 68.5 Å². The number of fused-ring (bicyclic) bond motifs is 1. The number of hydrogen-bond donors (Lipinski definition) is 0. The number of carbonyl (C=O) groups is 1. The van der Waals surface area contributed by atoms with Crippen LogP contribution >= 0.6 is 0 Å². The Kier molecular flexibility index (Phi) is 5.88. The summed E-state index contributed by atoms with van der Waals surface area (Å²) in [7, 11) is 0. The Hall–Kier alpha value is -3.40. The molecule has 0 saturated heterocycles. The van der Waals surface area contributed by atoms with Crippen LogP contribution in [0.1, 0.15) is 60.6 Å². The highest BCUT2D eigenvalue weighted by Gasteiger charge is 2.20. The van der Waals surface area contributed by atoms with Crippen molar-refractivity contribution < 1.29 is 9.53 Å². The molecule has 0 unspecified atom stereocenters. The van der Waals surface area contributed by atoms with Crippen molar-refractivity contribution in [3.05, 3.63) is 94.9 Å². The van der Waals surface area contributed by atoms with Gasteiger partial charge in [0.15, 0.2) is 0 Å². The van der Waals surface area contributed by atoms with Gasteiger partial charge in [-0.3, -0.25) is 0 Å². The van der Waals surface area contributed by atoms with Crippen LogP contribution in [0.15, 0.2) is 66.9 Å². The first-order valence-electron chi connectivity index (χ1n) is 11.1. The van der Waals surface area contributed by atoms with Gasteiger partial charge in [0, 0.05) is 18.3 Å². The van der Waals surface area contributed by atoms with Crippen LogP contribution in [0.2, 0.25) is 0 Å². The van der Waals surface area contributed by atoms with Crippen molar-refractivity contribution in [3.63, 3.8) is 0 Å². The van der Waals surface area contributed by atoms with Crippen LogP contribution in [0.4, 0.5) is 0 Å². The molecule has 4 aromatic rings. The lowest BCUT2D eigenvalue weighted by Crippen LogP contribution is -2.24. The monoisotopic (exact) mass is 426 g/mol. The first-order valence-corrected chi connectivity index (χ1v) is 11.1. The van der Waals surface area contributed by atoms with E-state index in [-0.39, 0.29) is 5.97 Å². The van der Waals surface area contributed by atoms with Gasteiger partial charge in [-0.15, -0.1) is 0 Å². The largest absolute Gasteiger partial charge is 0.456 e. The summed E-state index contributed by atoms with van der Waals surface area (Å²) >= 11 is 0. The number of hydrogen-bond acceptors (Lipinski definition) is 3. The van der Waals surface area contributed by atoms with Crippen LogP contribution < -0.4 is 0 Å². The Morgan fingerprint density at radius 2 is 1.72 bits per heavy atom. The Balaban J connectivity index is 1.62. The smallest absolute Gasteiger partial charge is 0.339 e. The van der Waals surface area contributed by atoms with E-state index in [0.717, 1.165) is 35.3 Å². The maximum atomic E-state index is 12.7. The quantitative estimate of drug-likeness (QED) is 0.346. The van der Waals surface area contributed by atoms with Crippen molar-refractivity contribution in [3.8, 4) is 11.1 Å². The van der Waals surface area contributed by atoms with Crippen LogP contribution in [0, 0.1) is 6.92 Å². The average molecular weight is 427 g/mol. The van der Waals surface area contributed by atoms with Crippen molar-refractivity contribution in [2.24, 2.45) is 0 Å². The maximum absolute atomic E-state index is 12.7. The second kappa shape index (κ2) is 8.62. The molecule has 0 atom stereocenters. The predicted octanol–water partition coefficient (Wildman–Crippen LogP) is 6.42. The van der Waals surface area contributed by atoms with E-state index in [1.165, 1.54) is 16.8 Å². The van der Waals surface area contributed by atoms with E-state index in [9.17, 15) is 4.79 Å². The molecule has 0 fully saturated rings. The van der Waals surface area contributed by atoms with Gasteiger partial charge < -0.3 is 9.14 Å². The van der Waals surface area contributed by atoms with E-state index in [1.54, 1.807) is 0 Å². The fourth-order valence-corrected chi connectivity index (χ4v) is 3.87. The fourth-order valence-electron chi connectivity index (χ4n) is 3.87. The summed E-state index contributed by atoms with van der Waals surface area (Å²) < 4.78 is 7.81. The van der Waals surface area contributed by atoms with E-state index >= 15 is 0 Å². The second-order valence-corrected chi connectivity index (χ2v) is 9.21. The number of aryl methyl sites for hydroxylation is 2. The molecule has 0 bridgehead atoms. The molecule has 32 heavy (non-hydrogen) atoms. The topological polar surface area (TPSA) is 43.6 Å². The number of aromatic nitrogens is 2. The maximum Gasteiger partial charge on any atom is 0.339 e. The minimum atomic E-state index is -0.529. The summed E-state index contributed by atoms with van der Waals surface area (Å²) in [5.41, 5.74) is 7.67. The van der Waals surface area contributed by atoms with Crippen LogP contribution in [0.3, 0.4) is 0 Å². The van der Waals surface area contributed by atoms with Crippen LogP contribution in [-0.4, -0.2) is 21.0 Å². The number of ether oxygens (including phenoxy) is 1. The van der Waals surface area contributed by atoms with Crippen LogP contribution in [-0.2, 0) is 17.6 Å². The molecule has 0 saturated carbocycles. The number of esters is 1. The van der Waals surface area contributed by atoms with Gasteiger partial charge >= 0.3 is 5.97 Å². The van der Waals surface area contributed by atoms with Gasteiger partial charge in [0.2, 0.25) is 0 Å². The third kappa shape index (κ3) is 4.59. The first-order chi connectivity index (χ1) is 15.2. The van der Waals surface area contributed by atoms with Gasteiger partial charge in [-0.25, -0.2) is 9.78 Å². The normalized spacial score (nSPS) is 11.7. The Bertz CT molecular complexity index is 1260.